The summed E-state index contributed by atoms with van der Waals surface area (Å²) in [5.74, 6) is -1.24. The Morgan fingerprint density at radius 1 is 0.744 bits per heavy atom. The molecular formula is C34H46BrNO3. The van der Waals surface area contributed by atoms with Crippen LogP contribution < -0.4 is 0 Å². The molecule has 1 fully saturated rings. The van der Waals surface area contributed by atoms with Gasteiger partial charge in [-0.3, -0.25) is 9.59 Å². The van der Waals surface area contributed by atoms with E-state index in [4.69, 9.17) is 0 Å². The van der Waals surface area contributed by atoms with Crippen LogP contribution in [-0.2, 0) is 9.59 Å². The Labute approximate surface area is 244 Å². The van der Waals surface area contributed by atoms with Crippen molar-refractivity contribution in [1.82, 2.24) is 4.90 Å². The number of aliphatic hydroxyl groups is 1. The highest BCUT2D eigenvalue weighted by Crippen LogP contribution is 2.39. The molecule has 212 valence electrons. The second kappa shape index (κ2) is 16.6. The molecule has 1 heterocycles. The molecule has 0 saturated carbocycles. The fourth-order valence-corrected chi connectivity index (χ4v) is 5.71. The second-order valence-corrected chi connectivity index (χ2v) is 11.9. The molecule has 1 aliphatic heterocycles. The number of aliphatic hydroxyl groups excluding tert-OH is 1. The van der Waals surface area contributed by atoms with Gasteiger partial charge in [-0.15, -0.1) is 0 Å². The molecule has 2 aromatic carbocycles. The first-order valence-corrected chi connectivity index (χ1v) is 15.8. The number of aryl methyl sites for hydroxylation is 1. The molecule has 1 aliphatic rings. The molecular weight excluding hydrogens is 550 g/mol. The molecule has 1 atom stereocenters. The fraction of sp³-hybridized carbons (Fsp3) is 0.529. The molecule has 1 amide bonds. The molecule has 0 aliphatic carbocycles. The van der Waals surface area contributed by atoms with Crippen molar-refractivity contribution in [3.05, 3.63) is 75.3 Å². The number of likely N-dealkylation sites (tertiary alicyclic amines) is 1. The Morgan fingerprint density at radius 3 is 1.74 bits per heavy atom. The zero-order valence-corrected chi connectivity index (χ0v) is 25.5. The molecule has 39 heavy (non-hydrogen) atoms. The molecule has 0 radical (unpaired) electrons. The van der Waals surface area contributed by atoms with E-state index in [-0.39, 0.29) is 11.3 Å². The molecule has 0 spiro atoms. The van der Waals surface area contributed by atoms with Crippen molar-refractivity contribution in [3.63, 3.8) is 0 Å². The van der Waals surface area contributed by atoms with Gasteiger partial charge in [0.25, 0.3) is 11.7 Å². The van der Waals surface area contributed by atoms with E-state index in [9.17, 15) is 14.7 Å². The Morgan fingerprint density at radius 2 is 1.23 bits per heavy atom. The van der Waals surface area contributed by atoms with Crippen LogP contribution in [0, 0.1) is 6.92 Å². The van der Waals surface area contributed by atoms with Gasteiger partial charge in [-0.25, -0.2) is 0 Å². The number of carbonyl (C=O) groups excluding carboxylic acids is 2. The van der Waals surface area contributed by atoms with Crippen LogP contribution >= 0.6 is 15.9 Å². The van der Waals surface area contributed by atoms with Crippen molar-refractivity contribution in [2.45, 2.75) is 110 Å². The molecule has 0 bridgehead atoms. The Kier molecular flexibility index (Phi) is 13.3. The highest BCUT2D eigenvalue weighted by molar-refractivity contribution is 9.10. The van der Waals surface area contributed by atoms with Crippen LogP contribution in [0.4, 0.5) is 0 Å². The third kappa shape index (κ3) is 9.34. The summed E-state index contributed by atoms with van der Waals surface area (Å²) in [6.07, 6.45) is 17.8. The highest BCUT2D eigenvalue weighted by Gasteiger charge is 2.45. The number of halogens is 1. The van der Waals surface area contributed by atoms with Crippen molar-refractivity contribution in [3.8, 4) is 0 Å². The molecule has 0 unspecified atom stereocenters. The Hall–Kier alpha value is -2.40. The maximum Gasteiger partial charge on any atom is 0.295 e. The average Bonchev–Trinajstić information content (AvgIpc) is 3.18. The third-order valence-corrected chi connectivity index (χ3v) is 8.33. The van der Waals surface area contributed by atoms with Gasteiger partial charge in [0.15, 0.2) is 0 Å². The quantitative estimate of drug-likeness (QED) is 0.0856. The smallest absolute Gasteiger partial charge is 0.295 e. The number of hydrogen-bond donors (Lipinski definition) is 1. The first-order chi connectivity index (χ1) is 18.9. The molecule has 2 aromatic rings. The van der Waals surface area contributed by atoms with E-state index in [2.05, 4.69) is 22.9 Å². The van der Waals surface area contributed by atoms with Crippen molar-refractivity contribution in [2.75, 3.05) is 6.54 Å². The number of Topliss-reactive ketones (excluding diaryl/α,β-unsaturated/α-hetero) is 1. The fourth-order valence-electron chi connectivity index (χ4n) is 5.45. The van der Waals surface area contributed by atoms with Gasteiger partial charge in [-0.2, -0.15) is 0 Å². The lowest BCUT2D eigenvalue weighted by molar-refractivity contribution is -0.139. The van der Waals surface area contributed by atoms with Crippen LogP contribution in [-0.4, -0.2) is 28.2 Å². The maximum atomic E-state index is 13.2. The largest absolute Gasteiger partial charge is 0.507 e. The van der Waals surface area contributed by atoms with Crippen LogP contribution in [0.1, 0.15) is 120 Å². The molecule has 1 saturated heterocycles. The number of hydrogen-bond acceptors (Lipinski definition) is 3. The van der Waals surface area contributed by atoms with E-state index in [1.165, 1.54) is 70.6 Å². The van der Waals surface area contributed by atoms with Gasteiger partial charge in [-0.05, 0) is 31.0 Å². The first kappa shape index (κ1) is 31.1. The van der Waals surface area contributed by atoms with Crippen LogP contribution in [0.25, 0.3) is 5.76 Å². The summed E-state index contributed by atoms with van der Waals surface area (Å²) in [5, 5.41) is 11.2. The lowest BCUT2D eigenvalue weighted by Gasteiger charge is -2.25. The Balaban J connectivity index is 1.52. The van der Waals surface area contributed by atoms with Crippen molar-refractivity contribution >= 4 is 33.4 Å². The second-order valence-electron chi connectivity index (χ2n) is 11.0. The summed E-state index contributed by atoms with van der Waals surface area (Å²) in [5.41, 5.74) is 2.67. The summed E-state index contributed by atoms with van der Waals surface area (Å²) >= 11 is 3.41. The number of rotatable bonds is 17. The number of benzene rings is 2. The van der Waals surface area contributed by atoms with Gasteiger partial charge in [0.05, 0.1) is 11.6 Å². The van der Waals surface area contributed by atoms with Crippen molar-refractivity contribution in [2.24, 2.45) is 0 Å². The van der Waals surface area contributed by atoms with E-state index in [0.717, 1.165) is 34.9 Å². The third-order valence-electron chi connectivity index (χ3n) is 7.80. The zero-order valence-electron chi connectivity index (χ0n) is 23.9. The van der Waals surface area contributed by atoms with E-state index in [1.54, 1.807) is 17.0 Å². The highest BCUT2D eigenvalue weighted by atomic mass is 79.9. The van der Waals surface area contributed by atoms with E-state index in [0.29, 0.717) is 12.1 Å². The summed E-state index contributed by atoms with van der Waals surface area (Å²) in [4.78, 5) is 28.0. The molecule has 3 rings (SSSR count). The number of amides is 1. The van der Waals surface area contributed by atoms with Crippen molar-refractivity contribution in [1.29, 1.82) is 0 Å². The number of ketones is 1. The lowest BCUT2D eigenvalue weighted by Crippen LogP contribution is -2.30. The predicted molar refractivity (Wildman–Crippen MR) is 165 cm³/mol. The standard InChI is InChI=1S/C34H46BrNO3/c1-3-4-5-6-7-8-9-10-11-12-13-14-15-16-25-36-31(27-19-17-26(2)18-20-27)30(33(38)34(36)39)32(37)28-21-23-29(35)24-22-28/h17-24,31,37H,3-16,25H2,1-2H3/b32-30+/t31-/m1/s1. The number of unbranched alkanes of at least 4 members (excludes halogenated alkanes) is 13. The average molecular weight is 597 g/mol. The summed E-state index contributed by atoms with van der Waals surface area (Å²) < 4.78 is 0.882. The van der Waals surface area contributed by atoms with Gasteiger partial charge < -0.3 is 10.0 Å². The number of carbonyl (C=O) groups is 2. The van der Waals surface area contributed by atoms with Gasteiger partial charge in [0, 0.05) is 16.6 Å². The minimum absolute atomic E-state index is 0.116. The van der Waals surface area contributed by atoms with Crippen LogP contribution in [0.5, 0.6) is 0 Å². The van der Waals surface area contributed by atoms with Crippen LogP contribution in [0.15, 0.2) is 58.6 Å². The van der Waals surface area contributed by atoms with E-state index >= 15 is 0 Å². The van der Waals surface area contributed by atoms with Gasteiger partial charge >= 0.3 is 0 Å². The van der Waals surface area contributed by atoms with Gasteiger partial charge in [0.1, 0.15) is 5.76 Å². The van der Waals surface area contributed by atoms with Gasteiger partial charge in [-0.1, -0.05) is 148 Å². The van der Waals surface area contributed by atoms with Crippen LogP contribution in [0.2, 0.25) is 0 Å². The summed E-state index contributed by atoms with van der Waals surface area (Å²) in [6, 6.07) is 14.5. The molecule has 1 N–H and O–H groups in total. The minimum atomic E-state index is -0.605. The SMILES string of the molecule is CCCCCCCCCCCCCCCCN1C(=O)C(=O)/C(=C(/O)c2ccc(Br)cc2)[C@H]1c1ccc(C)cc1. The monoisotopic (exact) mass is 595 g/mol. The molecule has 4 nitrogen and oxygen atoms in total. The first-order valence-electron chi connectivity index (χ1n) is 15.0. The maximum absolute atomic E-state index is 13.2. The van der Waals surface area contributed by atoms with Crippen LogP contribution in [0.3, 0.4) is 0 Å². The number of nitrogens with zero attached hydrogens (tertiary/aromatic N) is 1. The molecule has 5 heteroatoms. The zero-order chi connectivity index (χ0) is 28.0. The predicted octanol–water partition coefficient (Wildman–Crippen LogP) is 9.66. The summed E-state index contributed by atoms with van der Waals surface area (Å²) in [6.45, 7) is 4.79. The van der Waals surface area contributed by atoms with Gasteiger partial charge in [0.2, 0.25) is 0 Å². The molecule has 0 aromatic heterocycles. The normalized spacial score (nSPS) is 16.8. The lowest BCUT2D eigenvalue weighted by atomic mass is 9.94. The summed E-state index contributed by atoms with van der Waals surface area (Å²) in [7, 11) is 0. The topological polar surface area (TPSA) is 57.6 Å². The minimum Gasteiger partial charge on any atom is -0.507 e. The van der Waals surface area contributed by atoms with E-state index < -0.39 is 17.7 Å². The Bertz CT molecular complexity index is 1070. The van der Waals surface area contributed by atoms with E-state index in [1.807, 2.05) is 43.3 Å². The van der Waals surface area contributed by atoms with Crippen molar-refractivity contribution < 1.29 is 14.7 Å².